The van der Waals surface area contributed by atoms with Gasteiger partial charge in [-0.1, -0.05) is 36.1 Å². The molecule has 0 saturated carbocycles. The van der Waals surface area contributed by atoms with Gasteiger partial charge in [0, 0.05) is 36.5 Å². The Morgan fingerprint density at radius 1 is 0.727 bits per heavy atom. The fraction of sp³-hybridized carbons (Fsp3) is 0.528. The first-order valence-electron chi connectivity index (χ1n) is 15.8. The van der Waals surface area contributed by atoms with Gasteiger partial charge in [0.15, 0.2) is 11.5 Å². The van der Waals surface area contributed by atoms with Crippen LogP contribution in [0.15, 0.2) is 44.6 Å². The number of hydrogen-bond donors (Lipinski definition) is 3. The maximum atomic E-state index is 14.2. The Hall–Kier alpha value is -3.49. The highest BCUT2D eigenvalue weighted by Crippen LogP contribution is 2.41. The first-order chi connectivity index (χ1) is 21.2. The quantitative estimate of drug-likeness (QED) is 0.0724. The number of aliphatic hydroxyl groups is 2. The molecule has 3 aromatic rings. The van der Waals surface area contributed by atoms with Crippen LogP contribution in [0.5, 0.6) is 23.0 Å². The third kappa shape index (κ3) is 9.26. The third-order valence-corrected chi connectivity index (χ3v) is 7.56. The van der Waals surface area contributed by atoms with E-state index in [-0.39, 0.29) is 35.4 Å². The topological polar surface area (TPSA) is 119 Å². The minimum Gasteiger partial charge on any atom is -0.507 e. The number of unbranched alkanes of at least 4 members (excludes halogenated alkanes) is 6. The standard InChI is InChI=1S/C36H50O8/c1-24(2)14-16-26-28(42-20-12-8-6-10-18-37)22-30-33(34(26)39)35(40)32-27(17-15-25(3)4)36(41-5)31(23-29(32)44-30)43-21-13-9-7-11-19-38/h14-15,22-23,37-39H,6-13,16-21H2,1-5H3. The van der Waals surface area contributed by atoms with Gasteiger partial charge in [0.25, 0.3) is 0 Å². The summed E-state index contributed by atoms with van der Waals surface area (Å²) < 4.78 is 24.5. The number of hydrogen-bond acceptors (Lipinski definition) is 8. The van der Waals surface area contributed by atoms with Gasteiger partial charge < -0.3 is 33.9 Å². The van der Waals surface area contributed by atoms with E-state index in [1.807, 2.05) is 39.8 Å². The third-order valence-electron chi connectivity index (χ3n) is 7.56. The van der Waals surface area contributed by atoms with Crippen LogP contribution in [-0.2, 0) is 12.8 Å². The summed E-state index contributed by atoms with van der Waals surface area (Å²) in [6, 6.07) is 3.41. The van der Waals surface area contributed by atoms with Crippen molar-refractivity contribution in [2.45, 2.75) is 91.9 Å². The zero-order chi connectivity index (χ0) is 32.1. The van der Waals surface area contributed by atoms with Gasteiger partial charge in [-0.05, 0) is 79.1 Å². The van der Waals surface area contributed by atoms with Gasteiger partial charge in [0.1, 0.15) is 28.1 Å². The van der Waals surface area contributed by atoms with Crippen LogP contribution >= 0.6 is 0 Å². The second kappa shape index (κ2) is 17.7. The summed E-state index contributed by atoms with van der Waals surface area (Å²) in [5.41, 5.74) is 3.61. The Kier molecular flexibility index (Phi) is 14.1. The fourth-order valence-corrected chi connectivity index (χ4v) is 5.17. The molecule has 0 atom stereocenters. The molecule has 242 valence electrons. The van der Waals surface area contributed by atoms with E-state index in [1.165, 1.54) is 0 Å². The van der Waals surface area contributed by atoms with Crippen molar-refractivity contribution in [3.8, 4) is 23.0 Å². The number of methoxy groups -OCH3 is 1. The number of allylic oxidation sites excluding steroid dienone is 4. The molecule has 8 heteroatoms. The van der Waals surface area contributed by atoms with Crippen molar-refractivity contribution in [3.63, 3.8) is 0 Å². The molecule has 0 amide bonds. The minimum atomic E-state index is -0.334. The summed E-state index contributed by atoms with van der Waals surface area (Å²) in [6.07, 6.45) is 11.7. The van der Waals surface area contributed by atoms with E-state index in [9.17, 15) is 9.90 Å². The van der Waals surface area contributed by atoms with Crippen molar-refractivity contribution in [1.29, 1.82) is 0 Å². The molecule has 0 radical (unpaired) electrons. The minimum absolute atomic E-state index is 0.114. The van der Waals surface area contributed by atoms with Crippen molar-refractivity contribution in [2.24, 2.45) is 0 Å². The molecule has 1 heterocycles. The SMILES string of the molecule is COc1c(OCCCCCCO)cc2oc3cc(OCCCCCCO)c(CC=C(C)C)c(O)c3c(=O)c2c1CC=C(C)C. The number of benzene rings is 2. The molecular weight excluding hydrogens is 560 g/mol. The number of rotatable bonds is 19. The van der Waals surface area contributed by atoms with E-state index in [2.05, 4.69) is 0 Å². The molecule has 0 bridgehead atoms. The lowest BCUT2D eigenvalue weighted by atomic mass is 9.98. The van der Waals surface area contributed by atoms with Gasteiger partial charge in [-0.15, -0.1) is 0 Å². The van der Waals surface area contributed by atoms with Crippen LogP contribution < -0.4 is 19.6 Å². The molecule has 44 heavy (non-hydrogen) atoms. The Balaban J connectivity index is 2.17. The Morgan fingerprint density at radius 2 is 1.23 bits per heavy atom. The Bertz CT molecular complexity index is 1490. The molecule has 0 fully saturated rings. The van der Waals surface area contributed by atoms with Gasteiger partial charge in [0.2, 0.25) is 5.43 Å². The van der Waals surface area contributed by atoms with Crippen molar-refractivity contribution < 1.29 is 33.9 Å². The second-order valence-electron chi connectivity index (χ2n) is 11.7. The van der Waals surface area contributed by atoms with Gasteiger partial charge in [-0.3, -0.25) is 4.79 Å². The zero-order valence-corrected chi connectivity index (χ0v) is 27.1. The lowest BCUT2D eigenvalue weighted by molar-refractivity contribution is 0.268. The van der Waals surface area contributed by atoms with Crippen LogP contribution in [0.3, 0.4) is 0 Å². The second-order valence-corrected chi connectivity index (χ2v) is 11.7. The van der Waals surface area contributed by atoms with Crippen LogP contribution in [-0.4, -0.2) is 48.9 Å². The van der Waals surface area contributed by atoms with E-state index in [1.54, 1.807) is 19.2 Å². The maximum absolute atomic E-state index is 14.2. The number of aliphatic hydroxyl groups excluding tert-OH is 2. The van der Waals surface area contributed by atoms with Gasteiger partial charge >= 0.3 is 0 Å². The number of phenols is 1. The molecule has 0 spiro atoms. The van der Waals surface area contributed by atoms with E-state index in [0.717, 1.165) is 62.5 Å². The molecule has 0 aliphatic heterocycles. The molecular formula is C36H50O8. The zero-order valence-electron chi connectivity index (χ0n) is 27.1. The van der Waals surface area contributed by atoms with Crippen molar-refractivity contribution in [3.05, 3.63) is 56.8 Å². The van der Waals surface area contributed by atoms with Crippen LogP contribution in [0.2, 0.25) is 0 Å². The number of phenolic OH excluding ortho intramolecular Hbond substituents is 1. The molecule has 2 aromatic carbocycles. The highest BCUT2D eigenvalue weighted by Gasteiger charge is 2.24. The van der Waals surface area contributed by atoms with E-state index < -0.39 is 0 Å². The summed E-state index contributed by atoms with van der Waals surface area (Å²) >= 11 is 0. The normalized spacial score (nSPS) is 11.2. The van der Waals surface area contributed by atoms with Crippen LogP contribution in [0.25, 0.3) is 21.9 Å². The maximum Gasteiger partial charge on any atom is 0.204 e. The summed E-state index contributed by atoms with van der Waals surface area (Å²) in [4.78, 5) is 14.2. The average Bonchev–Trinajstić information content (AvgIpc) is 2.98. The number of ether oxygens (including phenoxy) is 3. The average molecular weight is 611 g/mol. The largest absolute Gasteiger partial charge is 0.507 e. The lowest BCUT2D eigenvalue weighted by Crippen LogP contribution is -2.10. The van der Waals surface area contributed by atoms with E-state index >= 15 is 0 Å². The summed E-state index contributed by atoms with van der Waals surface area (Å²) in [7, 11) is 1.56. The molecule has 0 aliphatic carbocycles. The van der Waals surface area contributed by atoms with Crippen LogP contribution in [0.4, 0.5) is 0 Å². The number of aromatic hydroxyl groups is 1. The molecule has 3 rings (SSSR count). The highest BCUT2D eigenvalue weighted by molar-refractivity contribution is 5.98. The summed E-state index contributed by atoms with van der Waals surface area (Å²) in [5.74, 6) is 1.31. The predicted octanol–water partition coefficient (Wildman–Crippen LogP) is 7.54. The Morgan fingerprint density at radius 3 is 1.77 bits per heavy atom. The van der Waals surface area contributed by atoms with Gasteiger partial charge in [0.05, 0.1) is 25.7 Å². The summed E-state index contributed by atoms with van der Waals surface area (Å²) in [6.45, 7) is 9.22. The smallest absolute Gasteiger partial charge is 0.204 e. The first kappa shape index (κ1) is 35.0. The van der Waals surface area contributed by atoms with E-state index in [4.69, 9.17) is 28.8 Å². The Labute approximate surface area is 260 Å². The molecule has 1 aromatic heterocycles. The van der Waals surface area contributed by atoms with Crippen molar-refractivity contribution in [2.75, 3.05) is 33.5 Å². The monoisotopic (exact) mass is 610 g/mol. The molecule has 0 unspecified atom stereocenters. The van der Waals surface area contributed by atoms with Crippen molar-refractivity contribution >= 4 is 21.9 Å². The first-order valence-corrected chi connectivity index (χ1v) is 15.8. The lowest BCUT2D eigenvalue weighted by Gasteiger charge is -2.18. The van der Waals surface area contributed by atoms with E-state index in [0.29, 0.717) is 65.4 Å². The molecule has 8 nitrogen and oxygen atoms in total. The molecule has 0 saturated heterocycles. The van der Waals surface area contributed by atoms with Crippen LogP contribution in [0, 0.1) is 0 Å². The summed E-state index contributed by atoms with van der Waals surface area (Å²) in [5, 5.41) is 30.1. The van der Waals surface area contributed by atoms with Gasteiger partial charge in [-0.2, -0.15) is 0 Å². The van der Waals surface area contributed by atoms with Gasteiger partial charge in [-0.25, -0.2) is 0 Å². The predicted molar refractivity (Wildman–Crippen MR) is 177 cm³/mol. The van der Waals surface area contributed by atoms with Crippen LogP contribution in [0.1, 0.15) is 90.2 Å². The van der Waals surface area contributed by atoms with Crippen molar-refractivity contribution in [1.82, 2.24) is 0 Å². The number of fused-ring (bicyclic) bond motifs is 2. The fourth-order valence-electron chi connectivity index (χ4n) is 5.17. The highest BCUT2D eigenvalue weighted by atomic mass is 16.5. The molecule has 0 aliphatic rings. The molecule has 3 N–H and O–H groups in total.